The lowest BCUT2D eigenvalue weighted by Gasteiger charge is -2.02. The first kappa shape index (κ1) is 19.2. The largest absolute Gasteiger partial charge is 0.481 e. The van der Waals surface area contributed by atoms with Gasteiger partial charge in [-0.25, -0.2) is 0 Å². The minimum atomic E-state index is -0.667. The molecule has 0 spiro atoms. The van der Waals surface area contributed by atoms with Crippen LogP contribution < -0.4 is 0 Å². The van der Waals surface area contributed by atoms with E-state index in [9.17, 15) is 4.79 Å². The first-order valence-corrected chi connectivity index (χ1v) is 8.54. The Balaban J connectivity index is 3.31. The number of carboxylic acid groups (broad SMARTS) is 1. The van der Waals surface area contributed by atoms with Crippen LogP contribution in [0, 0.1) is 0 Å². The molecule has 0 aliphatic heterocycles. The molecule has 0 heterocycles. The summed E-state index contributed by atoms with van der Waals surface area (Å²) in [6, 6.07) is 0. The van der Waals surface area contributed by atoms with Gasteiger partial charge in [0, 0.05) is 6.42 Å². The fourth-order valence-electron chi connectivity index (χ4n) is 2.41. The van der Waals surface area contributed by atoms with E-state index in [1.165, 1.54) is 63.4 Å². The third-order valence-electron chi connectivity index (χ3n) is 3.76. The Labute approximate surface area is 125 Å². The second-order valence-electron chi connectivity index (χ2n) is 5.91. The molecule has 0 amide bonds. The van der Waals surface area contributed by atoms with E-state index in [4.69, 9.17) is 5.11 Å². The van der Waals surface area contributed by atoms with Crippen LogP contribution in [0.5, 0.6) is 0 Å². The molecule has 0 aliphatic carbocycles. The fourth-order valence-corrected chi connectivity index (χ4v) is 2.41. The highest BCUT2D eigenvalue weighted by Crippen LogP contribution is 2.13. The Morgan fingerprint density at radius 3 is 2.05 bits per heavy atom. The van der Waals surface area contributed by atoms with Gasteiger partial charge in [-0.3, -0.25) is 4.79 Å². The second-order valence-corrected chi connectivity index (χ2v) is 5.91. The minimum Gasteiger partial charge on any atom is -0.481 e. The molecule has 2 nitrogen and oxygen atoms in total. The van der Waals surface area contributed by atoms with E-state index in [1.54, 1.807) is 0 Å². The lowest BCUT2D eigenvalue weighted by atomic mass is 10.0. The van der Waals surface area contributed by atoms with Crippen molar-refractivity contribution in [2.24, 2.45) is 0 Å². The summed E-state index contributed by atoms with van der Waals surface area (Å²) in [7, 11) is 0. The van der Waals surface area contributed by atoms with E-state index in [2.05, 4.69) is 19.9 Å². The van der Waals surface area contributed by atoms with E-state index < -0.39 is 5.97 Å². The highest BCUT2D eigenvalue weighted by molar-refractivity contribution is 5.66. The van der Waals surface area contributed by atoms with Crippen molar-refractivity contribution in [2.75, 3.05) is 0 Å². The van der Waals surface area contributed by atoms with E-state index in [-0.39, 0.29) is 0 Å². The lowest BCUT2D eigenvalue weighted by molar-refractivity contribution is -0.137. The smallest absolute Gasteiger partial charge is 0.303 e. The lowest BCUT2D eigenvalue weighted by Crippen LogP contribution is -1.93. The van der Waals surface area contributed by atoms with Crippen LogP contribution in [0.4, 0.5) is 0 Å². The Kier molecular flexibility index (Phi) is 14.0. The number of hydrogen-bond donors (Lipinski definition) is 1. The van der Waals surface area contributed by atoms with Crippen LogP contribution in [0.1, 0.15) is 97.3 Å². The molecule has 0 bridgehead atoms. The van der Waals surface area contributed by atoms with Gasteiger partial charge in [-0.15, -0.1) is 0 Å². The first-order chi connectivity index (χ1) is 9.66. The molecule has 0 aromatic heterocycles. The molecule has 2 heteroatoms. The number of carboxylic acids is 1. The predicted molar refractivity (Wildman–Crippen MR) is 87.1 cm³/mol. The van der Waals surface area contributed by atoms with Crippen LogP contribution in [0.15, 0.2) is 11.6 Å². The molecule has 0 rings (SSSR count). The third-order valence-corrected chi connectivity index (χ3v) is 3.76. The van der Waals surface area contributed by atoms with Crippen LogP contribution in [0.3, 0.4) is 0 Å². The van der Waals surface area contributed by atoms with Crippen molar-refractivity contribution in [1.82, 2.24) is 0 Å². The molecule has 0 aromatic carbocycles. The summed E-state index contributed by atoms with van der Waals surface area (Å²) in [5.41, 5.74) is 1.51. The fraction of sp³-hybridized carbons (Fsp3) is 0.833. The number of rotatable bonds is 14. The van der Waals surface area contributed by atoms with Crippen LogP contribution in [-0.4, -0.2) is 11.1 Å². The number of aliphatic carboxylic acids is 1. The van der Waals surface area contributed by atoms with Gasteiger partial charge in [0.15, 0.2) is 0 Å². The number of carbonyl (C=O) groups is 1. The van der Waals surface area contributed by atoms with Crippen molar-refractivity contribution < 1.29 is 9.90 Å². The Morgan fingerprint density at radius 1 is 0.850 bits per heavy atom. The summed E-state index contributed by atoms with van der Waals surface area (Å²) in [6.07, 6.45) is 17.6. The van der Waals surface area contributed by atoms with Gasteiger partial charge < -0.3 is 5.11 Å². The normalized spacial score (nSPS) is 11.8. The number of allylic oxidation sites excluding steroid dienone is 2. The monoisotopic (exact) mass is 282 g/mol. The van der Waals surface area contributed by atoms with Crippen LogP contribution in [0.25, 0.3) is 0 Å². The highest BCUT2D eigenvalue weighted by atomic mass is 16.4. The molecular weight excluding hydrogens is 248 g/mol. The van der Waals surface area contributed by atoms with Gasteiger partial charge in [0.2, 0.25) is 0 Å². The van der Waals surface area contributed by atoms with Crippen molar-refractivity contribution in [1.29, 1.82) is 0 Å². The first-order valence-electron chi connectivity index (χ1n) is 8.54. The Hall–Kier alpha value is -0.790. The third kappa shape index (κ3) is 15.3. The molecule has 1 N–H and O–H groups in total. The van der Waals surface area contributed by atoms with Crippen molar-refractivity contribution in [3.8, 4) is 0 Å². The molecule has 118 valence electrons. The molecule has 0 fully saturated rings. The molecule has 0 aromatic rings. The Morgan fingerprint density at radius 2 is 1.40 bits per heavy atom. The zero-order chi connectivity index (χ0) is 15.1. The van der Waals surface area contributed by atoms with Crippen LogP contribution >= 0.6 is 0 Å². The molecule has 0 aliphatic rings. The van der Waals surface area contributed by atoms with Gasteiger partial charge in [0.05, 0.1) is 0 Å². The minimum absolute atomic E-state index is 0.326. The topological polar surface area (TPSA) is 37.3 Å². The molecule has 20 heavy (non-hydrogen) atoms. The van der Waals surface area contributed by atoms with E-state index >= 15 is 0 Å². The van der Waals surface area contributed by atoms with Crippen molar-refractivity contribution in [3.63, 3.8) is 0 Å². The van der Waals surface area contributed by atoms with Crippen molar-refractivity contribution >= 4 is 5.97 Å². The van der Waals surface area contributed by atoms with E-state index in [1.807, 2.05) is 0 Å². The summed E-state index contributed by atoms with van der Waals surface area (Å²) < 4.78 is 0. The maximum atomic E-state index is 10.4. The van der Waals surface area contributed by atoms with E-state index in [0.29, 0.717) is 6.42 Å². The maximum absolute atomic E-state index is 10.4. The summed E-state index contributed by atoms with van der Waals surface area (Å²) in [5.74, 6) is -0.667. The van der Waals surface area contributed by atoms with Gasteiger partial charge in [-0.05, 0) is 39.0 Å². The van der Waals surface area contributed by atoms with Gasteiger partial charge in [0.25, 0.3) is 0 Å². The van der Waals surface area contributed by atoms with Crippen molar-refractivity contribution in [3.05, 3.63) is 11.6 Å². The second kappa shape index (κ2) is 14.6. The highest BCUT2D eigenvalue weighted by Gasteiger charge is 1.97. The summed E-state index contributed by atoms with van der Waals surface area (Å²) in [6.45, 7) is 4.49. The number of hydrogen-bond acceptors (Lipinski definition) is 1. The quantitative estimate of drug-likeness (QED) is 0.308. The van der Waals surface area contributed by atoms with Gasteiger partial charge in [-0.2, -0.15) is 0 Å². The molecule has 0 atom stereocenters. The van der Waals surface area contributed by atoms with Gasteiger partial charge in [0.1, 0.15) is 0 Å². The van der Waals surface area contributed by atoms with Gasteiger partial charge >= 0.3 is 5.97 Å². The standard InChI is InChI=1S/C18H34O2/c1-3-4-5-6-7-8-11-14-17(2)15-12-9-10-13-16-18(19)20/h14H,3-13,15-16H2,1-2H3,(H,19,20)/b17-14-. The van der Waals surface area contributed by atoms with Gasteiger partial charge in [-0.1, -0.05) is 63.5 Å². The molecule has 0 saturated carbocycles. The summed E-state index contributed by atoms with van der Waals surface area (Å²) in [5, 5.41) is 8.54. The summed E-state index contributed by atoms with van der Waals surface area (Å²) >= 11 is 0. The SMILES string of the molecule is CCCCCCCC/C=C(/C)CCCCCCC(=O)O. The maximum Gasteiger partial charge on any atom is 0.303 e. The molecular formula is C18H34O2. The predicted octanol–water partition coefficient (Wildman–Crippen LogP) is 6.11. The van der Waals surface area contributed by atoms with Crippen molar-refractivity contribution in [2.45, 2.75) is 97.3 Å². The number of unbranched alkanes of at least 4 members (excludes halogenated alkanes) is 9. The molecule has 0 saturated heterocycles. The summed E-state index contributed by atoms with van der Waals surface area (Å²) in [4.78, 5) is 10.4. The van der Waals surface area contributed by atoms with Crippen LogP contribution in [0.2, 0.25) is 0 Å². The zero-order valence-corrected chi connectivity index (χ0v) is 13.6. The zero-order valence-electron chi connectivity index (χ0n) is 13.6. The average Bonchev–Trinajstić information content (AvgIpc) is 2.41. The van der Waals surface area contributed by atoms with Crippen LogP contribution in [-0.2, 0) is 4.79 Å². The average molecular weight is 282 g/mol. The Bertz CT molecular complexity index is 256. The molecule has 0 unspecified atom stereocenters. The van der Waals surface area contributed by atoms with E-state index in [0.717, 1.165) is 19.3 Å². The molecule has 0 radical (unpaired) electrons.